The van der Waals surface area contributed by atoms with Crippen LogP contribution in [0.1, 0.15) is 19.3 Å². The monoisotopic (exact) mass is 135 g/mol. The fourth-order valence-electron chi connectivity index (χ4n) is 0.679. The summed E-state index contributed by atoms with van der Waals surface area (Å²) in [5.74, 6) is 0. The van der Waals surface area contributed by atoms with Gasteiger partial charge in [-0.15, -0.1) is 0 Å². The van der Waals surface area contributed by atoms with Crippen LogP contribution in [0.4, 0.5) is 4.39 Å². The predicted octanol–water partition coefficient (Wildman–Crippen LogP) is 2.06. The van der Waals surface area contributed by atoms with Gasteiger partial charge < -0.3 is 5.11 Å². The molecule has 0 saturated carbocycles. The number of alkyl halides is 1. The van der Waals surface area contributed by atoms with Crippen LogP contribution in [0.5, 0.6) is 0 Å². The molecule has 1 fully saturated rings. The Morgan fingerprint density at radius 3 is 2.88 bits per heavy atom. The Labute approximate surface area is 52.3 Å². The second-order valence-corrected chi connectivity index (χ2v) is 3.03. The van der Waals surface area contributed by atoms with Gasteiger partial charge in [-0.1, -0.05) is 11.8 Å². The molecule has 8 heavy (non-hydrogen) atoms. The van der Waals surface area contributed by atoms with E-state index in [4.69, 9.17) is 5.11 Å². The standard InChI is InChI=1S/C5H8FOS/c6-4-2-1-3-5(7)8-4/h4,7H,1-3H2. The quantitative estimate of drug-likeness (QED) is 0.548. The van der Waals surface area contributed by atoms with Gasteiger partial charge in [0.05, 0.1) is 0 Å². The highest BCUT2D eigenvalue weighted by Crippen LogP contribution is 2.35. The van der Waals surface area contributed by atoms with Gasteiger partial charge >= 0.3 is 0 Å². The molecule has 0 spiro atoms. The van der Waals surface area contributed by atoms with Gasteiger partial charge in [-0.05, 0) is 19.3 Å². The van der Waals surface area contributed by atoms with Gasteiger partial charge in [0.2, 0.25) is 0 Å². The average Bonchev–Trinajstić information content (AvgIpc) is 1.64. The van der Waals surface area contributed by atoms with Crippen LogP contribution in [0.15, 0.2) is 0 Å². The third-order valence-electron chi connectivity index (χ3n) is 1.09. The highest BCUT2D eigenvalue weighted by atomic mass is 32.2. The molecular weight excluding hydrogens is 127 g/mol. The number of hydrogen-bond donors (Lipinski definition) is 1. The molecule has 1 unspecified atom stereocenters. The average molecular weight is 135 g/mol. The van der Waals surface area contributed by atoms with E-state index in [9.17, 15) is 4.39 Å². The molecule has 1 aliphatic heterocycles. The fourth-order valence-corrected chi connectivity index (χ4v) is 1.52. The Kier molecular flexibility index (Phi) is 2.14. The summed E-state index contributed by atoms with van der Waals surface area (Å²) in [5.41, 5.74) is -0.604. The van der Waals surface area contributed by atoms with Gasteiger partial charge in [0.15, 0.2) is 5.44 Å². The Hall–Kier alpha value is 0.240. The second kappa shape index (κ2) is 2.69. The van der Waals surface area contributed by atoms with E-state index in [0.29, 0.717) is 12.8 Å². The molecule has 0 aromatic rings. The van der Waals surface area contributed by atoms with Crippen molar-refractivity contribution in [2.45, 2.75) is 24.8 Å². The number of thioether (sulfide) groups is 1. The van der Waals surface area contributed by atoms with Gasteiger partial charge in [0.25, 0.3) is 0 Å². The van der Waals surface area contributed by atoms with Crippen molar-refractivity contribution in [1.29, 1.82) is 0 Å². The molecule has 1 radical (unpaired) electrons. The lowest BCUT2D eigenvalue weighted by atomic mass is 10.2. The van der Waals surface area contributed by atoms with Crippen LogP contribution >= 0.6 is 11.8 Å². The molecule has 1 aliphatic rings. The van der Waals surface area contributed by atoms with Crippen LogP contribution in [0.25, 0.3) is 0 Å². The molecule has 0 amide bonds. The number of hydrogen-bond acceptors (Lipinski definition) is 2. The van der Waals surface area contributed by atoms with E-state index in [1.54, 1.807) is 0 Å². The van der Waals surface area contributed by atoms with Crippen LogP contribution in [-0.4, -0.2) is 10.6 Å². The summed E-state index contributed by atoms with van der Waals surface area (Å²) in [6.45, 7) is 0. The first kappa shape index (κ1) is 6.36. The molecule has 0 bridgehead atoms. The minimum absolute atomic E-state index is 0.253. The predicted molar refractivity (Wildman–Crippen MR) is 31.5 cm³/mol. The van der Waals surface area contributed by atoms with E-state index in [0.717, 1.165) is 18.2 Å². The molecule has 1 rings (SSSR count). The lowest BCUT2D eigenvalue weighted by Crippen LogP contribution is -2.06. The third kappa shape index (κ3) is 1.63. The van der Waals surface area contributed by atoms with Crippen molar-refractivity contribution in [2.24, 2.45) is 0 Å². The first-order chi connectivity index (χ1) is 3.79. The highest BCUT2D eigenvalue weighted by molar-refractivity contribution is 8.02. The van der Waals surface area contributed by atoms with Gasteiger partial charge in [0.1, 0.15) is 5.50 Å². The maximum atomic E-state index is 12.2. The molecule has 3 heteroatoms. The molecule has 1 saturated heterocycles. The first-order valence-electron chi connectivity index (χ1n) is 2.64. The number of aliphatic hydroxyl groups is 1. The summed E-state index contributed by atoms with van der Waals surface area (Å²) in [5, 5.41) is 8.72. The van der Waals surface area contributed by atoms with Crippen LogP contribution < -0.4 is 0 Å². The molecule has 1 N–H and O–H groups in total. The Morgan fingerprint density at radius 1 is 1.75 bits per heavy atom. The maximum absolute atomic E-state index is 12.2. The minimum Gasteiger partial charge on any atom is -0.375 e. The highest BCUT2D eigenvalue weighted by Gasteiger charge is 2.20. The van der Waals surface area contributed by atoms with Gasteiger partial charge in [-0.3, -0.25) is 0 Å². The normalized spacial score (nSPS) is 33.0. The summed E-state index contributed by atoms with van der Waals surface area (Å²) in [6, 6.07) is 0. The lowest BCUT2D eigenvalue weighted by Gasteiger charge is -2.17. The summed E-state index contributed by atoms with van der Waals surface area (Å²) < 4.78 is 12.2. The van der Waals surface area contributed by atoms with Crippen molar-refractivity contribution in [3.63, 3.8) is 0 Å². The third-order valence-corrected chi connectivity index (χ3v) is 2.05. The van der Waals surface area contributed by atoms with Gasteiger partial charge in [0, 0.05) is 0 Å². The fraction of sp³-hybridized carbons (Fsp3) is 0.800. The van der Waals surface area contributed by atoms with E-state index in [1.165, 1.54) is 0 Å². The minimum atomic E-state index is -0.858. The SMILES string of the molecule is O[C]1CCCC(F)S1. The summed E-state index contributed by atoms with van der Waals surface area (Å²) in [4.78, 5) is 0. The van der Waals surface area contributed by atoms with Crippen LogP contribution in [0.2, 0.25) is 0 Å². The zero-order valence-corrected chi connectivity index (χ0v) is 5.25. The summed E-state index contributed by atoms with van der Waals surface area (Å²) >= 11 is 0.947. The largest absolute Gasteiger partial charge is 0.375 e. The Bertz CT molecular complexity index is 70.8. The Morgan fingerprint density at radius 2 is 2.50 bits per heavy atom. The second-order valence-electron chi connectivity index (χ2n) is 1.81. The molecule has 0 aromatic carbocycles. The van der Waals surface area contributed by atoms with Gasteiger partial charge in [-0.25, -0.2) is 4.39 Å². The van der Waals surface area contributed by atoms with E-state index in [2.05, 4.69) is 0 Å². The molecule has 47 valence electrons. The zero-order chi connectivity index (χ0) is 5.98. The smallest absolute Gasteiger partial charge is 0.151 e. The van der Waals surface area contributed by atoms with E-state index in [-0.39, 0.29) is 5.44 Å². The topological polar surface area (TPSA) is 20.2 Å². The number of rotatable bonds is 0. The summed E-state index contributed by atoms with van der Waals surface area (Å²) in [6.07, 6.45) is 2.06. The van der Waals surface area contributed by atoms with Crippen molar-refractivity contribution < 1.29 is 9.50 Å². The molecular formula is C5H8FOS. The molecule has 0 aromatic heterocycles. The molecule has 0 aliphatic carbocycles. The van der Waals surface area contributed by atoms with E-state index in [1.807, 2.05) is 0 Å². The van der Waals surface area contributed by atoms with E-state index >= 15 is 0 Å². The van der Waals surface area contributed by atoms with Crippen molar-refractivity contribution in [3.05, 3.63) is 5.44 Å². The van der Waals surface area contributed by atoms with Crippen molar-refractivity contribution >= 4 is 11.8 Å². The first-order valence-corrected chi connectivity index (χ1v) is 3.52. The van der Waals surface area contributed by atoms with Crippen LogP contribution in [-0.2, 0) is 0 Å². The van der Waals surface area contributed by atoms with E-state index < -0.39 is 5.50 Å². The van der Waals surface area contributed by atoms with Crippen LogP contribution in [0.3, 0.4) is 0 Å². The number of aliphatic hydroxyl groups excluding tert-OH is 1. The molecule has 1 atom stereocenters. The van der Waals surface area contributed by atoms with Crippen molar-refractivity contribution in [2.75, 3.05) is 0 Å². The number of halogens is 1. The van der Waals surface area contributed by atoms with Crippen molar-refractivity contribution in [3.8, 4) is 0 Å². The summed E-state index contributed by atoms with van der Waals surface area (Å²) in [7, 11) is 0. The lowest BCUT2D eigenvalue weighted by molar-refractivity contribution is 0.313. The molecule has 1 heterocycles. The Balaban J connectivity index is 2.23. The zero-order valence-electron chi connectivity index (χ0n) is 4.43. The van der Waals surface area contributed by atoms with Gasteiger partial charge in [-0.2, -0.15) is 0 Å². The molecule has 1 nitrogen and oxygen atoms in total. The maximum Gasteiger partial charge on any atom is 0.151 e. The van der Waals surface area contributed by atoms with Crippen LogP contribution in [0, 0.1) is 5.44 Å². The van der Waals surface area contributed by atoms with Crippen molar-refractivity contribution in [1.82, 2.24) is 0 Å².